The molecule has 6 nitrogen and oxygen atoms in total. The molecule has 0 aliphatic carbocycles. The van der Waals surface area contributed by atoms with Crippen molar-refractivity contribution in [3.05, 3.63) is 82.2 Å². The first-order valence-corrected chi connectivity index (χ1v) is 16.2. The Morgan fingerprint density at radius 2 is 0.904 bits per heavy atom. The predicted molar refractivity (Wildman–Crippen MR) is 165 cm³/mol. The second-order valence-corrected chi connectivity index (χ2v) is 12.6. The van der Waals surface area contributed by atoms with E-state index in [1.54, 1.807) is 0 Å². The van der Waals surface area contributed by atoms with E-state index in [1.165, 1.54) is 12.1 Å². The monoisotopic (exact) mass is 756 g/mol. The van der Waals surface area contributed by atoms with Gasteiger partial charge < -0.3 is 20.8 Å². The molecule has 2 aromatic heterocycles. The van der Waals surface area contributed by atoms with Gasteiger partial charge in [-0.25, -0.2) is 9.97 Å². The average molecular weight is 757 g/mol. The molecule has 284 valence electrons. The van der Waals surface area contributed by atoms with E-state index in [0.29, 0.717) is 50.2 Å². The second-order valence-electron chi connectivity index (χ2n) is 12.6. The van der Waals surface area contributed by atoms with Gasteiger partial charge in [0.2, 0.25) is 0 Å². The molecule has 18 heteroatoms. The topological polar surface area (TPSA) is 90.3 Å². The number of aliphatic hydroxyl groups excluding tert-OH is 2. The molecular formula is C34H32F12N4O2. The Balaban J connectivity index is 0.000000201. The average Bonchev–Trinajstić information content (AvgIpc) is 3.09. The third-order valence-corrected chi connectivity index (χ3v) is 9.03. The van der Waals surface area contributed by atoms with Crippen LogP contribution in [-0.4, -0.2) is 45.4 Å². The minimum absolute atomic E-state index is 0.132. The number of pyridine rings is 2. The van der Waals surface area contributed by atoms with Gasteiger partial charge in [0.25, 0.3) is 0 Å². The zero-order valence-electron chi connectivity index (χ0n) is 26.9. The molecule has 4 atom stereocenters. The van der Waals surface area contributed by atoms with Crippen molar-refractivity contribution in [1.82, 2.24) is 20.6 Å². The van der Waals surface area contributed by atoms with Gasteiger partial charge in [-0.3, -0.25) is 0 Å². The zero-order valence-corrected chi connectivity index (χ0v) is 26.9. The zero-order chi connectivity index (χ0) is 38.2. The van der Waals surface area contributed by atoms with Crippen LogP contribution < -0.4 is 10.6 Å². The Kier molecular flexibility index (Phi) is 11.3. The Labute approximate surface area is 288 Å². The van der Waals surface area contributed by atoms with Gasteiger partial charge in [0.05, 0.1) is 34.4 Å². The van der Waals surface area contributed by atoms with E-state index >= 15 is 0 Å². The van der Waals surface area contributed by atoms with Crippen LogP contribution in [0.1, 0.15) is 84.4 Å². The van der Waals surface area contributed by atoms with Crippen molar-refractivity contribution < 1.29 is 62.9 Å². The lowest BCUT2D eigenvalue weighted by atomic mass is 9.91. The van der Waals surface area contributed by atoms with Crippen molar-refractivity contribution in [3.63, 3.8) is 0 Å². The Morgan fingerprint density at radius 3 is 1.19 bits per heavy atom. The largest absolute Gasteiger partial charge is 0.433 e. The smallest absolute Gasteiger partial charge is 0.387 e. The highest BCUT2D eigenvalue weighted by Gasteiger charge is 2.40. The summed E-state index contributed by atoms with van der Waals surface area (Å²) in [6.45, 7) is 1.18. The van der Waals surface area contributed by atoms with Gasteiger partial charge >= 0.3 is 24.7 Å². The van der Waals surface area contributed by atoms with E-state index in [0.717, 1.165) is 37.8 Å². The molecular weight excluding hydrogens is 724 g/mol. The molecule has 2 aliphatic heterocycles. The van der Waals surface area contributed by atoms with Crippen LogP contribution in [0.4, 0.5) is 52.7 Å². The van der Waals surface area contributed by atoms with E-state index in [2.05, 4.69) is 20.6 Å². The van der Waals surface area contributed by atoms with Gasteiger partial charge in [-0.2, -0.15) is 52.7 Å². The van der Waals surface area contributed by atoms with Crippen LogP contribution in [-0.2, 0) is 24.7 Å². The lowest BCUT2D eigenvalue weighted by molar-refractivity contribution is -0.142. The first-order valence-electron chi connectivity index (χ1n) is 16.2. The number of fused-ring (bicyclic) bond motifs is 2. The number of rotatable bonds is 4. The van der Waals surface area contributed by atoms with Crippen LogP contribution in [0.25, 0.3) is 21.8 Å². The fourth-order valence-electron chi connectivity index (χ4n) is 6.52. The number of aromatic nitrogens is 2. The quantitative estimate of drug-likeness (QED) is 0.156. The van der Waals surface area contributed by atoms with Crippen LogP contribution in [0.5, 0.6) is 0 Å². The minimum Gasteiger partial charge on any atom is -0.387 e. The molecule has 4 aromatic rings. The molecule has 2 aromatic carbocycles. The molecule has 0 saturated carbocycles. The van der Waals surface area contributed by atoms with Gasteiger partial charge in [0, 0.05) is 22.9 Å². The maximum atomic E-state index is 13.2. The number of benzene rings is 2. The molecule has 0 radical (unpaired) electrons. The van der Waals surface area contributed by atoms with Gasteiger partial charge in [0.1, 0.15) is 11.4 Å². The van der Waals surface area contributed by atoms with Crippen LogP contribution in [0.15, 0.2) is 48.5 Å². The second kappa shape index (κ2) is 14.9. The first kappa shape index (κ1) is 39.5. The number of nitrogens with zero attached hydrogens (tertiary/aromatic N) is 2. The highest BCUT2D eigenvalue weighted by molar-refractivity contribution is 5.87. The normalized spacial score (nSPS) is 20.3. The number of nitrogens with one attached hydrogen (secondary N) is 2. The van der Waals surface area contributed by atoms with E-state index < -0.39 is 82.5 Å². The van der Waals surface area contributed by atoms with E-state index in [1.807, 2.05) is 0 Å². The van der Waals surface area contributed by atoms with Crippen LogP contribution in [0.3, 0.4) is 0 Å². The fourth-order valence-corrected chi connectivity index (χ4v) is 6.52. The molecule has 4 N–H and O–H groups in total. The molecule has 0 spiro atoms. The van der Waals surface area contributed by atoms with Crippen LogP contribution >= 0.6 is 0 Å². The minimum atomic E-state index is -4.93. The number of aliphatic hydroxyl groups is 2. The number of para-hydroxylation sites is 2. The van der Waals surface area contributed by atoms with Gasteiger partial charge in [0.15, 0.2) is 0 Å². The third kappa shape index (κ3) is 8.72. The maximum absolute atomic E-state index is 13.2. The van der Waals surface area contributed by atoms with Gasteiger partial charge in [-0.15, -0.1) is 0 Å². The summed E-state index contributed by atoms with van der Waals surface area (Å²) < 4.78 is 159. The van der Waals surface area contributed by atoms with Crippen molar-refractivity contribution >= 4 is 21.8 Å². The van der Waals surface area contributed by atoms with Gasteiger partial charge in [-0.1, -0.05) is 37.1 Å². The van der Waals surface area contributed by atoms with Crippen molar-refractivity contribution in [2.75, 3.05) is 13.1 Å². The van der Waals surface area contributed by atoms with E-state index in [4.69, 9.17) is 0 Å². The molecule has 0 amide bonds. The molecule has 6 rings (SSSR count). The first-order chi connectivity index (χ1) is 24.2. The number of halogens is 12. The van der Waals surface area contributed by atoms with Crippen molar-refractivity contribution in [2.24, 2.45) is 0 Å². The number of hydrogen-bond acceptors (Lipinski definition) is 6. The van der Waals surface area contributed by atoms with Crippen LogP contribution in [0, 0.1) is 0 Å². The summed E-state index contributed by atoms with van der Waals surface area (Å²) in [6, 6.07) is 6.31. The summed E-state index contributed by atoms with van der Waals surface area (Å²) in [4.78, 5) is 6.45. The number of piperidine rings is 2. The molecule has 4 heterocycles. The van der Waals surface area contributed by atoms with Crippen LogP contribution in [0.2, 0.25) is 0 Å². The lowest BCUT2D eigenvalue weighted by Crippen LogP contribution is -2.39. The molecule has 2 saturated heterocycles. The lowest BCUT2D eigenvalue weighted by Gasteiger charge is -2.29. The van der Waals surface area contributed by atoms with Gasteiger partial charge in [-0.05, 0) is 74.2 Å². The summed E-state index contributed by atoms with van der Waals surface area (Å²) in [5.41, 5.74) is -7.43. The van der Waals surface area contributed by atoms with Crippen molar-refractivity contribution in [1.29, 1.82) is 0 Å². The summed E-state index contributed by atoms with van der Waals surface area (Å²) in [5, 5.41) is 26.9. The summed E-state index contributed by atoms with van der Waals surface area (Å²) in [5.74, 6) is 0. The Morgan fingerprint density at radius 1 is 0.538 bits per heavy atom. The van der Waals surface area contributed by atoms with Crippen molar-refractivity contribution in [2.45, 2.75) is 87.5 Å². The third-order valence-electron chi connectivity index (χ3n) is 9.03. The molecule has 2 aliphatic rings. The predicted octanol–water partition coefficient (Wildman–Crippen LogP) is 8.90. The summed E-state index contributed by atoms with van der Waals surface area (Å²) in [7, 11) is 0. The highest BCUT2D eigenvalue weighted by atomic mass is 19.4. The summed E-state index contributed by atoms with van der Waals surface area (Å²) in [6.07, 6.45) is -18.0. The van der Waals surface area contributed by atoms with Crippen molar-refractivity contribution in [3.8, 4) is 0 Å². The molecule has 2 fully saturated rings. The van der Waals surface area contributed by atoms with E-state index in [-0.39, 0.29) is 21.9 Å². The summed E-state index contributed by atoms with van der Waals surface area (Å²) >= 11 is 0. The fraction of sp³-hybridized carbons (Fsp3) is 0.471. The molecule has 0 unspecified atom stereocenters. The van der Waals surface area contributed by atoms with E-state index in [9.17, 15) is 62.9 Å². The number of hydrogen-bond donors (Lipinski definition) is 4. The Hall–Kier alpha value is -3.74. The highest BCUT2D eigenvalue weighted by Crippen LogP contribution is 2.42. The Bertz CT molecular complexity index is 1730. The SMILES string of the molecule is O[C@@H](c1cc(C(F)(F)F)nc2c(C(F)(F)F)cccc12)[C@@H]1CCCCN1.O[C@H](c1cc(C(F)(F)F)nc2c(C(F)(F)F)cccc12)[C@H]1CCCCN1. The number of alkyl halides is 12. The molecule has 0 bridgehead atoms. The molecule has 52 heavy (non-hydrogen) atoms. The standard InChI is InChI=1S/2C17H16F6N2O/c2*18-16(19,20)11-5-3-4-9-10(15(26)12-6-1-2-7-24-12)8-13(17(21,22)23)25-14(9)11/h2*3-5,8,12,15,24,26H,1-2,6-7H2/t2*12-,15-/m10/s1. The maximum Gasteiger partial charge on any atom is 0.433 e.